The van der Waals surface area contributed by atoms with Crippen molar-refractivity contribution in [3.05, 3.63) is 0 Å². The van der Waals surface area contributed by atoms with Crippen molar-refractivity contribution in [2.45, 2.75) is 73.2 Å². The molecule has 0 spiro atoms. The van der Waals surface area contributed by atoms with Crippen LogP contribution in [0.1, 0.15) is 67.2 Å². The zero-order valence-electron chi connectivity index (χ0n) is 15.8. The van der Waals surface area contributed by atoms with E-state index < -0.39 is 11.4 Å². The van der Waals surface area contributed by atoms with Gasteiger partial charge in [-0.25, -0.2) is 0 Å². The van der Waals surface area contributed by atoms with Crippen LogP contribution in [0.5, 0.6) is 0 Å². The molecule has 0 rings (SSSR count). The maximum absolute atomic E-state index is 5.95. The second-order valence-corrected chi connectivity index (χ2v) is 7.76. The summed E-state index contributed by atoms with van der Waals surface area (Å²) in [5.41, 5.74) is -0.802. The Morgan fingerprint density at radius 1 is 0.640 bits per heavy atom. The Balaban J connectivity index is 5.89. The maximum atomic E-state index is 5.95. The molecular formula is C17H28O4S4. The molecule has 0 radical (unpaired) electrons. The summed E-state index contributed by atoms with van der Waals surface area (Å²) in [5.74, 6) is -1.61. The summed E-state index contributed by atoms with van der Waals surface area (Å²) < 4.78 is 23.5. The van der Waals surface area contributed by atoms with Gasteiger partial charge in [0, 0.05) is 25.7 Å². The minimum atomic E-state index is -1.61. The molecule has 0 atom stereocenters. The smallest absolute Gasteiger partial charge is 0.427 e. The van der Waals surface area contributed by atoms with Crippen LogP contribution in [0.4, 0.5) is 0 Å². The molecular weight excluding hydrogens is 396 g/mol. The fourth-order valence-corrected chi connectivity index (χ4v) is 1.98. The molecule has 0 aliphatic heterocycles. The lowest BCUT2D eigenvalue weighted by atomic mass is 9.90. The SMILES string of the molecule is CCC(=S)OCC(C)(C)C(OC(=S)CC)(OC(=S)CC)OC(=S)CC. The number of thiocarbonyl (C=S) groups is 4. The Labute approximate surface area is 172 Å². The van der Waals surface area contributed by atoms with Crippen molar-refractivity contribution >= 4 is 69.1 Å². The van der Waals surface area contributed by atoms with Crippen LogP contribution < -0.4 is 0 Å². The first-order valence-corrected chi connectivity index (χ1v) is 10.0. The number of rotatable bonds is 10. The average molecular weight is 425 g/mol. The minimum absolute atomic E-state index is 0.199. The first-order chi connectivity index (χ1) is 11.6. The topological polar surface area (TPSA) is 36.9 Å². The Morgan fingerprint density at radius 2 is 0.960 bits per heavy atom. The van der Waals surface area contributed by atoms with Crippen molar-refractivity contribution in [2.24, 2.45) is 5.41 Å². The number of hydrogen-bond donors (Lipinski definition) is 0. The van der Waals surface area contributed by atoms with Crippen LogP contribution in [0, 0.1) is 5.41 Å². The van der Waals surface area contributed by atoms with Gasteiger partial charge in [0.2, 0.25) is 0 Å². The molecule has 25 heavy (non-hydrogen) atoms. The molecule has 0 aromatic carbocycles. The van der Waals surface area contributed by atoms with Crippen LogP contribution in [-0.2, 0) is 18.9 Å². The van der Waals surface area contributed by atoms with E-state index in [0.29, 0.717) is 45.9 Å². The van der Waals surface area contributed by atoms with Gasteiger partial charge in [0.1, 0.15) is 12.0 Å². The third-order valence-electron chi connectivity index (χ3n) is 3.32. The first kappa shape index (κ1) is 24.6. The Kier molecular flexibility index (Phi) is 11.1. The normalized spacial score (nSPS) is 11.4. The minimum Gasteiger partial charge on any atom is -0.486 e. The van der Waals surface area contributed by atoms with Crippen LogP contribution in [0.2, 0.25) is 0 Å². The molecule has 0 aromatic heterocycles. The first-order valence-electron chi connectivity index (χ1n) is 8.38. The molecule has 144 valence electrons. The second kappa shape index (κ2) is 11.3. The van der Waals surface area contributed by atoms with E-state index >= 15 is 0 Å². The van der Waals surface area contributed by atoms with Gasteiger partial charge in [-0.15, -0.1) is 0 Å². The molecule has 0 bridgehead atoms. The molecule has 0 saturated carbocycles. The van der Waals surface area contributed by atoms with Crippen molar-refractivity contribution in [3.8, 4) is 0 Å². The highest BCUT2D eigenvalue weighted by Gasteiger charge is 2.56. The van der Waals surface area contributed by atoms with E-state index in [0.717, 1.165) is 0 Å². The lowest BCUT2D eigenvalue weighted by molar-refractivity contribution is -0.339. The quantitative estimate of drug-likeness (QED) is 0.327. The van der Waals surface area contributed by atoms with Crippen molar-refractivity contribution in [2.75, 3.05) is 6.61 Å². The molecule has 8 heteroatoms. The number of hydrogen-bond acceptors (Lipinski definition) is 8. The predicted octanol–water partition coefficient (Wildman–Crippen LogP) is 5.68. The van der Waals surface area contributed by atoms with Gasteiger partial charge in [-0.3, -0.25) is 0 Å². The summed E-state index contributed by atoms with van der Waals surface area (Å²) in [7, 11) is 0. The molecule has 0 aromatic rings. The van der Waals surface area contributed by atoms with Gasteiger partial charge >= 0.3 is 5.97 Å². The van der Waals surface area contributed by atoms with Crippen LogP contribution in [-0.4, -0.2) is 32.8 Å². The maximum Gasteiger partial charge on any atom is 0.427 e. The molecule has 0 unspecified atom stereocenters. The lowest BCUT2D eigenvalue weighted by Gasteiger charge is -2.43. The zero-order chi connectivity index (χ0) is 19.7. The van der Waals surface area contributed by atoms with E-state index in [1.54, 1.807) is 0 Å². The van der Waals surface area contributed by atoms with Crippen molar-refractivity contribution in [1.82, 2.24) is 0 Å². The number of ether oxygens (including phenoxy) is 4. The average Bonchev–Trinajstić information content (AvgIpc) is 2.58. The third-order valence-corrected chi connectivity index (χ3v) is 4.84. The Hall–Kier alpha value is -0.440. The van der Waals surface area contributed by atoms with Gasteiger partial charge in [-0.2, -0.15) is 0 Å². The fraction of sp³-hybridized carbons (Fsp3) is 0.765. The van der Waals surface area contributed by atoms with E-state index in [4.69, 9.17) is 67.8 Å². The van der Waals surface area contributed by atoms with Crippen LogP contribution in [0.15, 0.2) is 0 Å². The van der Waals surface area contributed by atoms with Gasteiger partial charge < -0.3 is 18.9 Å². The molecule has 0 aliphatic rings. The molecule has 0 heterocycles. The summed E-state index contributed by atoms with van der Waals surface area (Å²) in [5, 5.41) is 1.51. The van der Waals surface area contributed by atoms with E-state index in [2.05, 4.69) is 0 Å². The summed E-state index contributed by atoms with van der Waals surface area (Å²) in [4.78, 5) is 0. The third kappa shape index (κ3) is 7.76. The Bertz CT molecular complexity index is 457. The highest BCUT2D eigenvalue weighted by molar-refractivity contribution is 7.80. The zero-order valence-corrected chi connectivity index (χ0v) is 19.1. The molecule has 4 nitrogen and oxygen atoms in total. The van der Waals surface area contributed by atoms with E-state index in [1.807, 2.05) is 41.5 Å². The summed E-state index contributed by atoms with van der Waals surface area (Å²) in [6.07, 6.45) is 2.19. The van der Waals surface area contributed by atoms with Crippen molar-refractivity contribution < 1.29 is 18.9 Å². The van der Waals surface area contributed by atoms with Crippen LogP contribution in [0.25, 0.3) is 0 Å². The summed E-state index contributed by atoms with van der Waals surface area (Å²) in [6.45, 7) is 11.5. The van der Waals surface area contributed by atoms with Crippen LogP contribution >= 0.6 is 48.9 Å². The van der Waals surface area contributed by atoms with Gasteiger partial charge in [0.15, 0.2) is 20.2 Å². The Morgan fingerprint density at radius 3 is 1.24 bits per heavy atom. The molecule has 0 N–H and O–H groups in total. The molecule has 0 amide bonds. The monoisotopic (exact) mass is 424 g/mol. The molecule has 0 saturated heterocycles. The van der Waals surface area contributed by atoms with Crippen molar-refractivity contribution in [3.63, 3.8) is 0 Å². The largest absolute Gasteiger partial charge is 0.486 e. The van der Waals surface area contributed by atoms with E-state index in [9.17, 15) is 0 Å². The van der Waals surface area contributed by atoms with Gasteiger partial charge in [0.25, 0.3) is 0 Å². The van der Waals surface area contributed by atoms with Crippen LogP contribution in [0.3, 0.4) is 0 Å². The predicted molar refractivity (Wildman–Crippen MR) is 117 cm³/mol. The van der Waals surface area contributed by atoms with E-state index in [1.165, 1.54) is 0 Å². The second-order valence-electron chi connectivity index (χ2n) is 5.94. The summed E-state index contributed by atoms with van der Waals surface area (Å²) in [6, 6.07) is 0. The van der Waals surface area contributed by atoms with E-state index in [-0.39, 0.29) is 6.61 Å². The lowest BCUT2D eigenvalue weighted by Crippen LogP contribution is -2.56. The van der Waals surface area contributed by atoms with Gasteiger partial charge in [-0.1, -0.05) is 27.7 Å². The standard InChI is InChI=1S/C17H28O4S4/c1-7-12(22)18-11-16(5,6)17(19-13(23)8-2,20-14(24)9-3)21-15(25)10-4/h7-11H2,1-6H3. The highest BCUT2D eigenvalue weighted by Crippen LogP contribution is 2.39. The highest BCUT2D eigenvalue weighted by atomic mass is 32.1. The summed E-state index contributed by atoms with van der Waals surface area (Å²) >= 11 is 21.0. The fourth-order valence-electron chi connectivity index (χ4n) is 1.59. The molecule has 0 fully saturated rings. The van der Waals surface area contributed by atoms with Gasteiger partial charge in [0.05, 0.1) is 0 Å². The molecule has 0 aliphatic carbocycles. The van der Waals surface area contributed by atoms with Gasteiger partial charge in [-0.05, 0) is 62.7 Å². The van der Waals surface area contributed by atoms with Crippen molar-refractivity contribution in [1.29, 1.82) is 0 Å².